The van der Waals surface area contributed by atoms with Crippen LogP contribution in [0.1, 0.15) is 24.5 Å². The number of likely N-dealkylation sites (tertiary alicyclic amines) is 1. The Kier molecular flexibility index (Phi) is 3.44. The lowest BCUT2D eigenvalue weighted by atomic mass is 9.90. The Morgan fingerprint density at radius 3 is 2.67 bits per heavy atom. The Morgan fingerprint density at radius 2 is 2.00 bits per heavy atom. The smallest absolute Gasteiger partial charge is 0.234 e. The Morgan fingerprint density at radius 1 is 1.29 bits per heavy atom. The van der Waals surface area contributed by atoms with E-state index < -0.39 is 0 Å². The van der Waals surface area contributed by atoms with Crippen molar-refractivity contribution >= 4 is 11.8 Å². The van der Waals surface area contributed by atoms with E-state index >= 15 is 0 Å². The zero-order valence-electron chi connectivity index (χ0n) is 12.6. The molecule has 1 heterocycles. The van der Waals surface area contributed by atoms with Crippen LogP contribution in [-0.2, 0) is 16.1 Å². The molecule has 3 rings (SSSR count). The fourth-order valence-corrected chi connectivity index (χ4v) is 3.94. The molecule has 2 aliphatic rings. The Bertz CT molecular complexity index is 607. The zero-order valence-corrected chi connectivity index (χ0v) is 12.6. The Hall–Kier alpha value is -1.90. The van der Waals surface area contributed by atoms with Crippen LogP contribution in [0.3, 0.4) is 0 Å². The fourth-order valence-electron chi connectivity index (χ4n) is 3.94. The molecular formula is C18H21NO2. The summed E-state index contributed by atoms with van der Waals surface area (Å²) in [5, 5.41) is 0. The number of hydrogen-bond donors (Lipinski definition) is 0. The first-order valence-electron chi connectivity index (χ1n) is 7.56. The second-order valence-corrected chi connectivity index (χ2v) is 6.42. The SMILES string of the molecule is C=CC1CC(C)C2C(=O)N(Cc3cccc(C)c3)C(=O)C12. The highest BCUT2D eigenvalue weighted by molar-refractivity contribution is 6.05. The van der Waals surface area contributed by atoms with Crippen molar-refractivity contribution in [2.24, 2.45) is 23.7 Å². The quantitative estimate of drug-likeness (QED) is 0.632. The molecule has 1 saturated carbocycles. The topological polar surface area (TPSA) is 37.4 Å². The van der Waals surface area contributed by atoms with E-state index in [1.165, 1.54) is 4.90 Å². The molecule has 110 valence electrons. The first-order chi connectivity index (χ1) is 10.0. The number of benzene rings is 1. The third-order valence-electron chi connectivity index (χ3n) is 4.93. The van der Waals surface area contributed by atoms with Crippen molar-refractivity contribution in [1.29, 1.82) is 0 Å². The monoisotopic (exact) mass is 283 g/mol. The zero-order chi connectivity index (χ0) is 15.1. The molecule has 2 fully saturated rings. The second kappa shape index (κ2) is 5.14. The van der Waals surface area contributed by atoms with E-state index in [1.807, 2.05) is 37.3 Å². The first kappa shape index (κ1) is 14.1. The number of hydrogen-bond acceptors (Lipinski definition) is 2. The molecule has 3 nitrogen and oxygen atoms in total. The summed E-state index contributed by atoms with van der Waals surface area (Å²) >= 11 is 0. The minimum Gasteiger partial charge on any atom is -0.278 e. The maximum Gasteiger partial charge on any atom is 0.234 e. The van der Waals surface area contributed by atoms with Gasteiger partial charge < -0.3 is 0 Å². The molecule has 0 aromatic heterocycles. The number of carbonyl (C=O) groups is 2. The van der Waals surface area contributed by atoms with Crippen molar-refractivity contribution in [2.75, 3.05) is 0 Å². The Balaban J connectivity index is 1.86. The fraction of sp³-hybridized carbons (Fsp3) is 0.444. The number of fused-ring (bicyclic) bond motifs is 1. The standard InChI is InChI=1S/C18H21NO2/c1-4-14-9-12(3)15-16(14)18(21)19(17(15)20)10-13-7-5-6-11(2)8-13/h4-8,12,14-16H,1,9-10H2,2-3H3. The van der Waals surface area contributed by atoms with Gasteiger partial charge in [-0.25, -0.2) is 0 Å². The molecule has 3 heteroatoms. The lowest BCUT2D eigenvalue weighted by molar-refractivity contribution is -0.141. The minimum atomic E-state index is -0.185. The van der Waals surface area contributed by atoms with E-state index in [9.17, 15) is 9.59 Å². The van der Waals surface area contributed by atoms with Crippen LogP contribution in [0.2, 0.25) is 0 Å². The molecule has 1 saturated heterocycles. The van der Waals surface area contributed by atoms with E-state index in [2.05, 4.69) is 13.5 Å². The summed E-state index contributed by atoms with van der Waals surface area (Å²) in [4.78, 5) is 26.7. The lowest BCUT2D eigenvalue weighted by Crippen LogP contribution is -2.32. The molecule has 21 heavy (non-hydrogen) atoms. The highest BCUT2D eigenvalue weighted by Crippen LogP contribution is 2.48. The van der Waals surface area contributed by atoms with Gasteiger partial charge in [-0.2, -0.15) is 0 Å². The summed E-state index contributed by atoms with van der Waals surface area (Å²) in [5.74, 6) is 0.0603. The number of nitrogens with zero attached hydrogens (tertiary/aromatic N) is 1. The largest absolute Gasteiger partial charge is 0.278 e. The molecule has 4 atom stereocenters. The van der Waals surface area contributed by atoms with Crippen LogP contribution in [0.25, 0.3) is 0 Å². The number of imide groups is 1. The van der Waals surface area contributed by atoms with Crippen molar-refractivity contribution in [3.8, 4) is 0 Å². The van der Waals surface area contributed by atoms with Gasteiger partial charge >= 0.3 is 0 Å². The van der Waals surface area contributed by atoms with Crippen LogP contribution >= 0.6 is 0 Å². The van der Waals surface area contributed by atoms with Crippen molar-refractivity contribution in [3.05, 3.63) is 48.0 Å². The molecule has 0 bridgehead atoms. The molecule has 2 amide bonds. The van der Waals surface area contributed by atoms with Crippen molar-refractivity contribution in [2.45, 2.75) is 26.8 Å². The van der Waals surface area contributed by atoms with Crippen LogP contribution in [0.15, 0.2) is 36.9 Å². The molecule has 1 aliphatic carbocycles. The molecular weight excluding hydrogens is 262 g/mol. The van der Waals surface area contributed by atoms with Gasteiger partial charge in [0.2, 0.25) is 11.8 Å². The predicted molar refractivity (Wildman–Crippen MR) is 81.2 cm³/mol. The number of carbonyl (C=O) groups excluding carboxylic acids is 2. The van der Waals surface area contributed by atoms with Gasteiger partial charge in [-0.1, -0.05) is 42.8 Å². The van der Waals surface area contributed by atoms with Gasteiger partial charge in [-0.3, -0.25) is 14.5 Å². The van der Waals surface area contributed by atoms with E-state index in [0.29, 0.717) is 6.54 Å². The van der Waals surface area contributed by atoms with Crippen LogP contribution in [0.4, 0.5) is 0 Å². The average molecular weight is 283 g/mol. The summed E-state index contributed by atoms with van der Waals surface area (Å²) in [6, 6.07) is 7.98. The Labute approximate surface area is 125 Å². The molecule has 1 aliphatic heterocycles. The number of aryl methyl sites for hydroxylation is 1. The van der Waals surface area contributed by atoms with E-state index in [-0.39, 0.29) is 35.5 Å². The van der Waals surface area contributed by atoms with Gasteiger partial charge in [-0.05, 0) is 30.7 Å². The molecule has 1 aromatic rings. The summed E-state index contributed by atoms with van der Waals surface area (Å²) in [6.07, 6.45) is 2.75. The van der Waals surface area contributed by atoms with Crippen LogP contribution in [0.5, 0.6) is 0 Å². The van der Waals surface area contributed by atoms with Crippen molar-refractivity contribution < 1.29 is 9.59 Å². The van der Waals surface area contributed by atoms with Crippen LogP contribution < -0.4 is 0 Å². The van der Waals surface area contributed by atoms with Gasteiger partial charge in [0, 0.05) is 0 Å². The van der Waals surface area contributed by atoms with E-state index in [4.69, 9.17) is 0 Å². The third-order valence-corrected chi connectivity index (χ3v) is 4.93. The maximum absolute atomic E-state index is 12.7. The van der Waals surface area contributed by atoms with E-state index in [0.717, 1.165) is 17.5 Å². The summed E-state index contributed by atoms with van der Waals surface area (Å²) < 4.78 is 0. The van der Waals surface area contributed by atoms with Gasteiger partial charge in [-0.15, -0.1) is 6.58 Å². The second-order valence-electron chi connectivity index (χ2n) is 6.42. The van der Waals surface area contributed by atoms with Crippen molar-refractivity contribution in [1.82, 2.24) is 4.90 Å². The van der Waals surface area contributed by atoms with Crippen LogP contribution in [-0.4, -0.2) is 16.7 Å². The summed E-state index contributed by atoms with van der Waals surface area (Å²) in [6.45, 7) is 8.31. The maximum atomic E-state index is 12.7. The molecule has 0 N–H and O–H groups in total. The summed E-state index contributed by atoms with van der Waals surface area (Å²) in [5.41, 5.74) is 2.16. The predicted octanol–water partition coefficient (Wildman–Crippen LogP) is 2.94. The third kappa shape index (κ3) is 2.21. The number of amides is 2. The normalized spacial score (nSPS) is 31.6. The van der Waals surface area contributed by atoms with Gasteiger partial charge in [0.15, 0.2) is 0 Å². The van der Waals surface area contributed by atoms with E-state index in [1.54, 1.807) is 0 Å². The summed E-state index contributed by atoms with van der Waals surface area (Å²) in [7, 11) is 0. The minimum absolute atomic E-state index is 0.00311. The van der Waals surface area contributed by atoms with Crippen molar-refractivity contribution in [3.63, 3.8) is 0 Å². The van der Waals surface area contributed by atoms with Gasteiger partial charge in [0.1, 0.15) is 0 Å². The highest BCUT2D eigenvalue weighted by Gasteiger charge is 2.56. The number of rotatable bonds is 3. The molecule has 4 unspecified atom stereocenters. The molecule has 0 spiro atoms. The first-order valence-corrected chi connectivity index (χ1v) is 7.56. The highest BCUT2D eigenvalue weighted by atomic mass is 16.2. The van der Waals surface area contributed by atoms with Gasteiger partial charge in [0.25, 0.3) is 0 Å². The molecule has 0 radical (unpaired) electrons. The molecule has 1 aromatic carbocycles. The average Bonchev–Trinajstić information content (AvgIpc) is 2.91. The lowest BCUT2D eigenvalue weighted by Gasteiger charge is -2.18. The number of allylic oxidation sites excluding steroid dienone is 1. The van der Waals surface area contributed by atoms with Crippen LogP contribution in [0, 0.1) is 30.6 Å². The van der Waals surface area contributed by atoms with Gasteiger partial charge in [0.05, 0.1) is 18.4 Å².